The number of nitrogens with zero attached hydrogens (tertiary/aromatic N) is 1. The van der Waals surface area contributed by atoms with Crippen molar-refractivity contribution in [3.8, 4) is 0 Å². The first-order valence-electron chi connectivity index (χ1n) is 9.22. The molecule has 3 aromatic rings. The highest BCUT2D eigenvalue weighted by Crippen LogP contribution is 2.26. The molecule has 0 aliphatic heterocycles. The van der Waals surface area contributed by atoms with Gasteiger partial charge < -0.3 is 5.32 Å². The van der Waals surface area contributed by atoms with Gasteiger partial charge in [0.05, 0.1) is 21.5 Å². The van der Waals surface area contributed by atoms with Crippen molar-refractivity contribution in [3.05, 3.63) is 92.9 Å². The minimum absolute atomic E-state index is 0.0595. The topological polar surface area (TPSA) is 66.5 Å². The molecule has 0 saturated carbocycles. The molecule has 0 saturated heterocycles. The lowest BCUT2D eigenvalue weighted by Crippen LogP contribution is -2.37. The molecule has 0 spiro atoms. The lowest BCUT2D eigenvalue weighted by molar-refractivity contribution is -0.116. The van der Waals surface area contributed by atoms with E-state index in [1.54, 1.807) is 61.5 Å². The Labute approximate surface area is 196 Å². The zero-order valence-corrected chi connectivity index (χ0v) is 19.6. The molecule has 0 heterocycles. The number of carbonyl (C=O) groups is 1. The predicted octanol–water partition coefficient (Wildman–Crippen LogP) is 5.78. The van der Waals surface area contributed by atoms with Crippen LogP contribution in [-0.2, 0) is 21.4 Å². The minimum atomic E-state index is -3.96. The van der Waals surface area contributed by atoms with Gasteiger partial charge in [0.1, 0.15) is 0 Å². The van der Waals surface area contributed by atoms with Gasteiger partial charge in [0.15, 0.2) is 0 Å². The van der Waals surface area contributed by atoms with E-state index in [4.69, 9.17) is 34.8 Å². The summed E-state index contributed by atoms with van der Waals surface area (Å²) >= 11 is 18.2. The molecular formula is C22H19Cl3N2O3S. The first-order valence-corrected chi connectivity index (χ1v) is 11.8. The molecule has 3 aromatic carbocycles. The summed E-state index contributed by atoms with van der Waals surface area (Å²) in [6.45, 7) is 1.31. The summed E-state index contributed by atoms with van der Waals surface area (Å²) in [5, 5.41) is 3.90. The van der Waals surface area contributed by atoms with E-state index in [0.29, 0.717) is 31.9 Å². The smallest absolute Gasteiger partial charge is 0.243 e. The normalized spacial score (nSPS) is 11.5. The van der Waals surface area contributed by atoms with Crippen LogP contribution < -0.4 is 5.32 Å². The molecule has 3 rings (SSSR count). The number of rotatable bonds is 7. The standard InChI is InChI=1S/C22H19Cl3N2O3S/c1-15-18(23)8-5-9-21(15)26-22(28)14-27(13-16-10-11-19(24)20(25)12-16)31(29,30)17-6-3-2-4-7-17/h2-12H,13-14H2,1H3,(H,26,28). The predicted molar refractivity (Wildman–Crippen MR) is 125 cm³/mol. The van der Waals surface area contributed by atoms with Gasteiger partial charge in [0.2, 0.25) is 15.9 Å². The Morgan fingerprint density at radius 1 is 0.903 bits per heavy atom. The third-order valence-corrected chi connectivity index (χ3v) is 7.54. The fourth-order valence-corrected chi connectivity index (χ4v) is 4.80. The zero-order valence-electron chi connectivity index (χ0n) is 16.5. The lowest BCUT2D eigenvalue weighted by Gasteiger charge is -2.22. The van der Waals surface area contributed by atoms with Crippen molar-refractivity contribution in [1.82, 2.24) is 4.31 Å². The van der Waals surface area contributed by atoms with E-state index in [1.807, 2.05) is 0 Å². The molecule has 0 bridgehead atoms. The summed E-state index contributed by atoms with van der Waals surface area (Å²) in [5.74, 6) is -0.495. The second-order valence-electron chi connectivity index (χ2n) is 6.80. The van der Waals surface area contributed by atoms with E-state index >= 15 is 0 Å². The molecule has 31 heavy (non-hydrogen) atoms. The van der Waals surface area contributed by atoms with Gasteiger partial charge in [-0.05, 0) is 54.4 Å². The van der Waals surface area contributed by atoms with Crippen LogP contribution in [0.4, 0.5) is 5.69 Å². The maximum atomic E-state index is 13.3. The van der Waals surface area contributed by atoms with Crippen molar-refractivity contribution in [2.24, 2.45) is 0 Å². The van der Waals surface area contributed by atoms with Crippen molar-refractivity contribution in [2.75, 3.05) is 11.9 Å². The number of hydrogen-bond acceptors (Lipinski definition) is 3. The maximum Gasteiger partial charge on any atom is 0.243 e. The highest BCUT2D eigenvalue weighted by Gasteiger charge is 2.27. The maximum absolute atomic E-state index is 13.3. The van der Waals surface area contributed by atoms with E-state index in [2.05, 4.69) is 5.32 Å². The van der Waals surface area contributed by atoms with Crippen LogP contribution in [0.3, 0.4) is 0 Å². The SMILES string of the molecule is Cc1c(Cl)cccc1NC(=O)CN(Cc1ccc(Cl)c(Cl)c1)S(=O)(=O)c1ccccc1. The number of hydrogen-bond donors (Lipinski definition) is 1. The molecule has 0 aromatic heterocycles. The molecule has 9 heteroatoms. The third-order valence-electron chi connectivity index (χ3n) is 4.59. The van der Waals surface area contributed by atoms with Crippen LogP contribution in [0, 0.1) is 6.92 Å². The summed E-state index contributed by atoms with van der Waals surface area (Å²) in [4.78, 5) is 12.9. The Balaban J connectivity index is 1.90. The van der Waals surface area contributed by atoms with E-state index < -0.39 is 22.5 Å². The molecule has 162 valence electrons. The fraction of sp³-hybridized carbons (Fsp3) is 0.136. The van der Waals surface area contributed by atoms with Crippen LogP contribution in [-0.4, -0.2) is 25.2 Å². The van der Waals surface area contributed by atoms with Gasteiger partial charge in [0.25, 0.3) is 0 Å². The number of carbonyl (C=O) groups excluding carboxylic acids is 1. The molecule has 0 atom stereocenters. The summed E-state index contributed by atoms with van der Waals surface area (Å²) < 4.78 is 27.6. The van der Waals surface area contributed by atoms with Gasteiger partial charge in [-0.3, -0.25) is 4.79 Å². The quantitative estimate of drug-likeness (QED) is 0.449. The van der Waals surface area contributed by atoms with Crippen molar-refractivity contribution in [2.45, 2.75) is 18.4 Å². The van der Waals surface area contributed by atoms with Crippen molar-refractivity contribution in [3.63, 3.8) is 0 Å². The molecular weight excluding hydrogens is 479 g/mol. The number of halogens is 3. The average Bonchev–Trinajstić information content (AvgIpc) is 2.74. The summed E-state index contributed by atoms with van der Waals surface area (Å²) in [6.07, 6.45) is 0. The van der Waals surface area contributed by atoms with Gasteiger partial charge in [-0.2, -0.15) is 4.31 Å². The molecule has 1 N–H and O–H groups in total. The third kappa shape index (κ3) is 5.79. The van der Waals surface area contributed by atoms with Crippen LogP contribution in [0.25, 0.3) is 0 Å². The van der Waals surface area contributed by atoms with Gasteiger partial charge >= 0.3 is 0 Å². The molecule has 1 amide bonds. The fourth-order valence-electron chi connectivity index (χ4n) is 2.90. The van der Waals surface area contributed by atoms with Crippen LogP contribution in [0.2, 0.25) is 15.1 Å². The van der Waals surface area contributed by atoms with Crippen molar-refractivity contribution >= 4 is 56.4 Å². The van der Waals surface area contributed by atoms with Crippen molar-refractivity contribution < 1.29 is 13.2 Å². The monoisotopic (exact) mass is 496 g/mol. The Bertz CT molecular complexity index is 1200. The number of nitrogens with one attached hydrogen (secondary N) is 1. The molecule has 5 nitrogen and oxygen atoms in total. The number of amides is 1. The number of benzene rings is 3. The summed E-state index contributed by atoms with van der Waals surface area (Å²) in [6, 6.07) is 17.9. The zero-order chi connectivity index (χ0) is 22.6. The number of sulfonamides is 1. The minimum Gasteiger partial charge on any atom is -0.325 e. The van der Waals surface area contributed by atoms with Gasteiger partial charge in [-0.25, -0.2) is 8.42 Å². The van der Waals surface area contributed by atoms with Crippen LogP contribution in [0.5, 0.6) is 0 Å². The second-order valence-corrected chi connectivity index (χ2v) is 9.95. The van der Waals surface area contributed by atoms with Crippen molar-refractivity contribution in [1.29, 1.82) is 0 Å². The van der Waals surface area contributed by atoms with Crippen LogP contribution in [0.15, 0.2) is 71.6 Å². The molecule has 0 unspecified atom stereocenters. The summed E-state index contributed by atoms with van der Waals surface area (Å²) in [7, 11) is -3.96. The Hall–Kier alpha value is -2.09. The number of anilines is 1. The molecule has 0 aliphatic rings. The van der Waals surface area contributed by atoms with Gasteiger partial charge in [-0.15, -0.1) is 0 Å². The summed E-state index contributed by atoms with van der Waals surface area (Å²) in [5.41, 5.74) is 1.81. The highest BCUT2D eigenvalue weighted by molar-refractivity contribution is 7.89. The van der Waals surface area contributed by atoms with Crippen LogP contribution in [0.1, 0.15) is 11.1 Å². The van der Waals surface area contributed by atoms with Gasteiger partial charge in [0, 0.05) is 17.3 Å². The first kappa shape index (κ1) is 23.6. The van der Waals surface area contributed by atoms with E-state index in [-0.39, 0.29) is 11.4 Å². The molecule has 0 radical (unpaired) electrons. The Morgan fingerprint density at radius 2 is 1.61 bits per heavy atom. The highest BCUT2D eigenvalue weighted by atomic mass is 35.5. The molecule has 0 fully saturated rings. The first-order chi connectivity index (χ1) is 14.7. The van der Waals surface area contributed by atoms with E-state index in [1.165, 1.54) is 12.1 Å². The largest absolute Gasteiger partial charge is 0.325 e. The second kappa shape index (κ2) is 10.0. The Kier molecular flexibility index (Phi) is 7.62. The van der Waals surface area contributed by atoms with Gasteiger partial charge in [-0.1, -0.05) is 65.1 Å². The Morgan fingerprint density at radius 3 is 2.29 bits per heavy atom. The van der Waals surface area contributed by atoms with E-state index in [9.17, 15) is 13.2 Å². The average molecular weight is 498 g/mol. The lowest BCUT2D eigenvalue weighted by atomic mass is 10.2. The van der Waals surface area contributed by atoms with E-state index in [0.717, 1.165) is 4.31 Å². The molecule has 0 aliphatic carbocycles. The van der Waals surface area contributed by atoms with Crippen LogP contribution >= 0.6 is 34.8 Å².